The second kappa shape index (κ2) is 12.9. The molecule has 1 aliphatic rings. The lowest BCUT2D eigenvalue weighted by molar-refractivity contribution is 0.0322. The van der Waals surface area contributed by atoms with Crippen LogP contribution in [0.15, 0.2) is 72.1 Å². The average molecular weight is 633 g/mol. The predicted molar refractivity (Wildman–Crippen MR) is 172 cm³/mol. The summed E-state index contributed by atoms with van der Waals surface area (Å²) in [7, 11) is 1.88. The second-order valence-corrected chi connectivity index (χ2v) is 11.5. The number of amides is 1. The highest BCUT2D eigenvalue weighted by atomic mass is 35.5. The van der Waals surface area contributed by atoms with Crippen LogP contribution in [0.4, 0.5) is 0 Å². The molecule has 3 aromatic carbocycles. The molecule has 3 heterocycles. The molecule has 2 N–H and O–H groups in total. The third kappa shape index (κ3) is 6.27. The Morgan fingerprint density at radius 3 is 2.70 bits per heavy atom. The number of hydrogen-bond acceptors (Lipinski definition) is 8. The van der Waals surface area contributed by atoms with Crippen LogP contribution in [-0.2, 0) is 11.8 Å². The fourth-order valence-electron chi connectivity index (χ4n) is 5.29. The maximum atomic E-state index is 12.5. The van der Waals surface area contributed by atoms with Gasteiger partial charge in [-0.2, -0.15) is 5.10 Å². The van der Waals surface area contributed by atoms with Crippen LogP contribution in [0.1, 0.15) is 28.9 Å². The van der Waals surface area contributed by atoms with E-state index in [1.165, 1.54) is 0 Å². The van der Waals surface area contributed by atoms with Gasteiger partial charge in [-0.25, -0.2) is 4.98 Å². The number of aryl methyl sites for hydroxylation is 1. The third-order valence-corrected chi connectivity index (χ3v) is 8.56. The molecule has 1 saturated heterocycles. The van der Waals surface area contributed by atoms with Crippen LogP contribution in [0, 0.1) is 0 Å². The molecule has 44 heavy (non-hydrogen) atoms. The first-order valence-corrected chi connectivity index (χ1v) is 15.1. The number of rotatable bonds is 10. The number of benzene rings is 3. The fourth-order valence-corrected chi connectivity index (χ4v) is 5.92. The number of primary amides is 1. The van der Waals surface area contributed by atoms with Crippen LogP contribution in [0.5, 0.6) is 11.5 Å². The predicted octanol–water partition coefficient (Wildman–Crippen LogP) is 5.32. The Balaban J connectivity index is 1.26. The summed E-state index contributed by atoms with van der Waals surface area (Å²) >= 11 is 11.4. The number of aromatic nitrogens is 4. The van der Waals surface area contributed by atoms with Crippen molar-refractivity contribution in [3.05, 3.63) is 83.4 Å². The molecule has 1 atom stereocenters. The number of morpholine rings is 1. The number of carbonyl (C=O) groups is 1. The Morgan fingerprint density at radius 2 is 1.95 bits per heavy atom. The van der Waals surface area contributed by atoms with Crippen molar-refractivity contribution in [3.8, 4) is 28.3 Å². The van der Waals surface area contributed by atoms with E-state index < -0.39 is 12.0 Å². The van der Waals surface area contributed by atoms with Gasteiger partial charge < -0.3 is 19.9 Å². The van der Waals surface area contributed by atoms with Crippen molar-refractivity contribution in [1.29, 1.82) is 0 Å². The highest BCUT2D eigenvalue weighted by molar-refractivity contribution is 7.80. The molecule has 0 spiro atoms. The highest BCUT2D eigenvalue weighted by Gasteiger charge is 2.21. The molecule has 1 fully saturated rings. The number of carbonyl (C=O) groups excluding carboxylic acids is 1. The van der Waals surface area contributed by atoms with E-state index in [4.69, 9.17) is 31.5 Å². The van der Waals surface area contributed by atoms with Gasteiger partial charge in [-0.05, 0) is 36.8 Å². The summed E-state index contributed by atoms with van der Waals surface area (Å²) in [5, 5.41) is 4.73. The summed E-state index contributed by atoms with van der Waals surface area (Å²) in [6, 6.07) is 15.1. The number of nitrogens with two attached hydrogens (primary N) is 1. The summed E-state index contributed by atoms with van der Waals surface area (Å²) < 4.78 is 21.5. The van der Waals surface area contributed by atoms with Gasteiger partial charge >= 0.3 is 0 Å². The largest absolute Gasteiger partial charge is 0.491 e. The minimum Gasteiger partial charge on any atom is -0.491 e. The van der Waals surface area contributed by atoms with E-state index >= 15 is 0 Å². The molecule has 0 bridgehead atoms. The summed E-state index contributed by atoms with van der Waals surface area (Å²) in [4.78, 5) is 19.7. The molecule has 1 aliphatic heterocycles. The number of imidazole rings is 1. The highest BCUT2D eigenvalue weighted by Crippen LogP contribution is 2.38. The van der Waals surface area contributed by atoms with E-state index in [1.807, 2.05) is 73.4 Å². The normalized spacial score (nSPS) is 14.5. The molecular formula is C32H33ClN6O4S. The van der Waals surface area contributed by atoms with Gasteiger partial charge in [0.25, 0.3) is 0 Å². The zero-order valence-electron chi connectivity index (χ0n) is 24.4. The Labute approximate surface area is 265 Å². The zero-order valence-corrected chi connectivity index (χ0v) is 26.1. The van der Waals surface area contributed by atoms with E-state index in [0.29, 0.717) is 33.7 Å². The van der Waals surface area contributed by atoms with Crippen LogP contribution >= 0.6 is 24.2 Å². The second-order valence-electron chi connectivity index (χ2n) is 10.6. The van der Waals surface area contributed by atoms with E-state index in [9.17, 15) is 4.79 Å². The Hall–Kier alpha value is -4.03. The standard InChI is InChI=1S/C32H33ClN6O4S/c1-20(24-4-3-5-28(30(24)33)42-13-10-38-8-11-41-12-9-38)43-29-16-23(15-25(31(29)44)32(34)40)39-19-35-26-14-21(6-7-27(26)39)22-17-36-37(2)18-22/h3-7,14-20,44H,8-13H2,1-2H3,(H2,34,40)/t20-/m1/s1. The molecular weight excluding hydrogens is 600 g/mol. The van der Waals surface area contributed by atoms with Gasteiger partial charge in [0.05, 0.1) is 51.6 Å². The van der Waals surface area contributed by atoms with E-state index in [2.05, 4.69) is 27.6 Å². The molecule has 2 aromatic heterocycles. The monoisotopic (exact) mass is 632 g/mol. The quantitative estimate of drug-likeness (QED) is 0.201. The molecule has 10 nitrogen and oxygen atoms in total. The number of hydrogen-bond donors (Lipinski definition) is 2. The molecule has 228 valence electrons. The van der Waals surface area contributed by atoms with Crippen molar-refractivity contribution in [2.24, 2.45) is 12.8 Å². The number of ether oxygens (including phenoxy) is 3. The van der Waals surface area contributed by atoms with Crippen molar-refractivity contribution in [3.63, 3.8) is 0 Å². The van der Waals surface area contributed by atoms with Gasteiger partial charge in [0, 0.05) is 50.1 Å². The van der Waals surface area contributed by atoms with Gasteiger partial charge in [-0.1, -0.05) is 29.8 Å². The van der Waals surface area contributed by atoms with Crippen molar-refractivity contribution in [2.45, 2.75) is 17.9 Å². The molecule has 0 radical (unpaired) electrons. The molecule has 1 amide bonds. The van der Waals surface area contributed by atoms with Crippen molar-refractivity contribution in [1.82, 2.24) is 24.2 Å². The van der Waals surface area contributed by atoms with Gasteiger partial charge in [0.1, 0.15) is 30.5 Å². The lowest BCUT2D eigenvalue weighted by Crippen LogP contribution is -2.38. The number of halogens is 1. The van der Waals surface area contributed by atoms with E-state index in [0.717, 1.165) is 60.6 Å². The smallest absolute Gasteiger partial charge is 0.250 e. The first kappa shape index (κ1) is 30.0. The fraction of sp³-hybridized carbons (Fsp3) is 0.281. The van der Waals surface area contributed by atoms with Gasteiger partial charge in [-0.3, -0.25) is 18.9 Å². The van der Waals surface area contributed by atoms with Crippen molar-refractivity contribution < 1.29 is 19.0 Å². The average Bonchev–Trinajstić information content (AvgIpc) is 3.65. The summed E-state index contributed by atoms with van der Waals surface area (Å²) in [6.07, 6.45) is 4.98. The number of nitrogens with zero attached hydrogens (tertiary/aromatic N) is 5. The van der Waals surface area contributed by atoms with Crippen LogP contribution in [-0.4, -0.2) is 69.6 Å². The van der Waals surface area contributed by atoms with Gasteiger partial charge in [-0.15, -0.1) is 12.6 Å². The molecule has 0 unspecified atom stereocenters. The first-order chi connectivity index (χ1) is 21.3. The minimum absolute atomic E-state index is 0.230. The molecule has 12 heteroatoms. The van der Waals surface area contributed by atoms with E-state index in [1.54, 1.807) is 17.1 Å². The summed E-state index contributed by atoms with van der Waals surface area (Å²) in [6.45, 7) is 6.43. The molecule has 6 rings (SSSR count). The van der Waals surface area contributed by atoms with Crippen LogP contribution < -0.4 is 15.2 Å². The SMILES string of the molecule is C[C@@H](Oc1cc(-n2cnc3cc(-c4cnn(C)c4)ccc32)cc(C(N)=O)c1S)c1cccc(OCCN2CCOCC2)c1Cl. The van der Waals surface area contributed by atoms with E-state index in [-0.39, 0.29) is 5.56 Å². The lowest BCUT2D eigenvalue weighted by Gasteiger charge is -2.26. The lowest BCUT2D eigenvalue weighted by atomic mass is 10.1. The van der Waals surface area contributed by atoms with Crippen LogP contribution in [0.25, 0.3) is 27.8 Å². The van der Waals surface area contributed by atoms with Gasteiger partial charge in [0.2, 0.25) is 5.91 Å². The Kier molecular flexibility index (Phi) is 8.81. The summed E-state index contributed by atoms with van der Waals surface area (Å²) in [5.41, 5.74) is 11.0. The zero-order chi connectivity index (χ0) is 30.8. The molecule has 0 saturated carbocycles. The topological polar surface area (TPSA) is 110 Å². The minimum atomic E-state index is -0.619. The Morgan fingerprint density at radius 1 is 1.14 bits per heavy atom. The van der Waals surface area contributed by atoms with Crippen LogP contribution in [0.3, 0.4) is 0 Å². The molecule has 0 aliphatic carbocycles. The number of thiol groups is 1. The Bertz CT molecular complexity index is 1820. The maximum Gasteiger partial charge on any atom is 0.250 e. The van der Waals surface area contributed by atoms with Crippen molar-refractivity contribution in [2.75, 3.05) is 39.5 Å². The number of fused-ring (bicyclic) bond motifs is 1. The first-order valence-electron chi connectivity index (χ1n) is 14.3. The van der Waals surface area contributed by atoms with Crippen molar-refractivity contribution >= 4 is 41.2 Å². The summed E-state index contributed by atoms with van der Waals surface area (Å²) in [5.74, 6) is 0.350. The maximum absolute atomic E-state index is 12.5. The third-order valence-electron chi connectivity index (χ3n) is 7.69. The van der Waals surface area contributed by atoms with Gasteiger partial charge in [0.15, 0.2) is 0 Å². The molecule has 5 aromatic rings. The van der Waals surface area contributed by atoms with Crippen LogP contribution in [0.2, 0.25) is 5.02 Å².